The summed E-state index contributed by atoms with van der Waals surface area (Å²) >= 11 is 0. The van der Waals surface area contributed by atoms with Gasteiger partial charge in [0.15, 0.2) is 0 Å². The molecule has 2 aliphatic rings. The molecular formula is C31H38N6O3Si. The van der Waals surface area contributed by atoms with E-state index in [9.17, 15) is 4.79 Å². The van der Waals surface area contributed by atoms with Crippen LogP contribution in [-0.4, -0.2) is 75.8 Å². The van der Waals surface area contributed by atoms with E-state index in [1.165, 1.54) is 0 Å². The van der Waals surface area contributed by atoms with Crippen LogP contribution in [0.3, 0.4) is 0 Å². The van der Waals surface area contributed by atoms with E-state index in [2.05, 4.69) is 51.7 Å². The summed E-state index contributed by atoms with van der Waals surface area (Å²) in [6, 6.07) is 17.5. The van der Waals surface area contributed by atoms with E-state index in [-0.39, 0.29) is 0 Å². The first kappa shape index (κ1) is 27.6. The number of nitrogens with zero attached hydrogens (tertiary/aromatic N) is 6. The molecule has 1 amide bonds. The van der Waals surface area contributed by atoms with Crippen molar-refractivity contribution in [3.8, 4) is 22.9 Å². The van der Waals surface area contributed by atoms with Gasteiger partial charge in [-0.3, -0.25) is 14.7 Å². The highest BCUT2D eigenvalue weighted by Crippen LogP contribution is 2.27. The summed E-state index contributed by atoms with van der Waals surface area (Å²) in [5.74, 6) is 1.55. The summed E-state index contributed by atoms with van der Waals surface area (Å²) in [5.41, 5.74) is 3.90. The number of amides is 1. The summed E-state index contributed by atoms with van der Waals surface area (Å²) in [6.45, 7) is 11.7. The maximum Gasteiger partial charge on any atom is 0.222 e. The molecule has 1 atom stereocenters. The van der Waals surface area contributed by atoms with Gasteiger partial charge in [-0.1, -0.05) is 25.7 Å². The highest BCUT2D eigenvalue weighted by Gasteiger charge is 2.35. The first-order valence-electron chi connectivity index (χ1n) is 14.5. The number of hydrogen-bond acceptors (Lipinski definition) is 7. The van der Waals surface area contributed by atoms with Crippen LogP contribution >= 0.6 is 0 Å². The Labute approximate surface area is 242 Å². The minimum absolute atomic E-state index is 0.309. The predicted molar refractivity (Wildman–Crippen MR) is 161 cm³/mol. The summed E-state index contributed by atoms with van der Waals surface area (Å²) in [5, 5.41) is 5.44. The molecular weight excluding hydrogens is 532 g/mol. The molecule has 9 nitrogen and oxygen atoms in total. The Balaban J connectivity index is 1.06. The summed E-state index contributed by atoms with van der Waals surface area (Å²) in [7, 11) is -1.12. The third-order valence-electron chi connectivity index (χ3n) is 7.86. The zero-order chi connectivity index (χ0) is 28.4. The Morgan fingerprint density at radius 1 is 1.05 bits per heavy atom. The van der Waals surface area contributed by atoms with E-state index in [0.29, 0.717) is 31.0 Å². The Morgan fingerprint density at radius 2 is 1.95 bits per heavy atom. The minimum Gasteiger partial charge on any atom is -0.439 e. The lowest BCUT2D eigenvalue weighted by Gasteiger charge is -2.37. The second-order valence-corrected chi connectivity index (χ2v) is 17.8. The quantitative estimate of drug-likeness (QED) is 0.186. The lowest BCUT2D eigenvalue weighted by atomic mass is 10.1. The van der Waals surface area contributed by atoms with Crippen molar-refractivity contribution in [3.63, 3.8) is 0 Å². The van der Waals surface area contributed by atoms with Crippen molar-refractivity contribution < 1.29 is 14.3 Å². The number of hydrogen-bond donors (Lipinski definition) is 0. The van der Waals surface area contributed by atoms with Crippen LogP contribution in [0.2, 0.25) is 25.7 Å². The monoisotopic (exact) mass is 570 g/mol. The molecule has 214 valence electrons. The van der Waals surface area contributed by atoms with Gasteiger partial charge in [0.2, 0.25) is 11.8 Å². The minimum atomic E-state index is -1.12. The fourth-order valence-corrected chi connectivity index (χ4v) is 6.28. The van der Waals surface area contributed by atoms with E-state index in [0.717, 1.165) is 78.9 Å². The lowest BCUT2D eigenvalue weighted by Crippen LogP contribution is -2.51. The van der Waals surface area contributed by atoms with E-state index in [1.54, 1.807) is 12.4 Å². The average molecular weight is 571 g/mol. The number of aromatic nitrogens is 4. The van der Waals surface area contributed by atoms with Crippen molar-refractivity contribution in [1.29, 1.82) is 0 Å². The molecule has 2 saturated heterocycles. The van der Waals surface area contributed by atoms with Crippen LogP contribution in [0, 0.1) is 0 Å². The van der Waals surface area contributed by atoms with E-state index in [1.807, 2.05) is 41.1 Å². The smallest absolute Gasteiger partial charge is 0.222 e. The molecule has 1 aromatic carbocycles. The van der Waals surface area contributed by atoms with Crippen molar-refractivity contribution in [2.45, 2.75) is 57.8 Å². The number of carbonyl (C=O) groups is 1. The standard InChI is InChI=1S/C31H38N6O3Si/c1-41(2,3)17-16-39-22-37-29(12-13-33-37)24-5-10-30(32-19-24)40-27-8-9-28-23(18-27)4-6-25(34-28)20-35-14-15-36-26(21-35)7-11-31(36)38/h4-6,8-10,12-13,18-19,26H,7,11,14-17,20-22H2,1-3H3. The molecule has 5 heterocycles. The van der Waals surface area contributed by atoms with Crippen molar-refractivity contribution >= 4 is 24.9 Å². The molecule has 0 N–H and O–H groups in total. The SMILES string of the molecule is C[Si](C)(C)CCOCn1nccc1-c1ccc(Oc2ccc3nc(CN4CCN5C(=O)CCC5C4)ccc3c2)nc1. The Kier molecular flexibility index (Phi) is 7.87. The molecule has 2 aliphatic heterocycles. The van der Waals surface area contributed by atoms with Crippen molar-refractivity contribution in [3.05, 3.63) is 66.6 Å². The Hall–Kier alpha value is -3.60. The van der Waals surface area contributed by atoms with Crippen LogP contribution in [0.1, 0.15) is 18.5 Å². The highest BCUT2D eigenvalue weighted by atomic mass is 28.3. The molecule has 0 aliphatic carbocycles. The molecule has 3 aromatic heterocycles. The number of carbonyl (C=O) groups excluding carboxylic acids is 1. The second kappa shape index (κ2) is 11.7. The normalized spacial score (nSPS) is 17.8. The predicted octanol–water partition coefficient (Wildman–Crippen LogP) is 5.40. The fourth-order valence-electron chi connectivity index (χ4n) is 5.52. The number of rotatable bonds is 10. The van der Waals surface area contributed by atoms with Crippen LogP contribution in [0.25, 0.3) is 22.2 Å². The van der Waals surface area contributed by atoms with Crippen LogP contribution in [0.15, 0.2) is 60.9 Å². The third-order valence-corrected chi connectivity index (χ3v) is 9.57. The second-order valence-electron chi connectivity index (χ2n) is 12.2. The van der Waals surface area contributed by atoms with Crippen molar-refractivity contribution in [2.24, 2.45) is 0 Å². The van der Waals surface area contributed by atoms with E-state index >= 15 is 0 Å². The van der Waals surface area contributed by atoms with Crippen LogP contribution in [0.4, 0.5) is 0 Å². The Morgan fingerprint density at radius 3 is 2.78 bits per heavy atom. The van der Waals surface area contributed by atoms with E-state index < -0.39 is 8.07 Å². The average Bonchev–Trinajstić information content (AvgIpc) is 3.57. The van der Waals surface area contributed by atoms with Gasteiger partial charge in [-0.2, -0.15) is 5.10 Å². The summed E-state index contributed by atoms with van der Waals surface area (Å²) in [6.07, 6.45) is 5.26. The van der Waals surface area contributed by atoms with Gasteiger partial charge < -0.3 is 14.4 Å². The molecule has 41 heavy (non-hydrogen) atoms. The summed E-state index contributed by atoms with van der Waals surface area (Å²) < 4.78 is 13.8. The third kappa shape index (κ3) is 6.66. The van der Waals surface area contributed by atoms with E-state index in [4.69, 9.17) is 14.5 Å². The van der Waals surface area contributed by atoms with Gasteiger partial charge in [0.05, 0.1) is 16.9 Å². The molecule has 0 bridgehead atoms. The maximum absolute atomic E-state index is 12.0. The number of pyridine rings is 2. The first-order valence-corrected chi connectivity index (χ1v) is 18.2. The van der Waals surface area contributed by atoms with Gasteiger partial charge >= 0.3 is 0 Å². The van der Waals surface area contributed by atoms with Crippen molar-refractivity contribution in [1.82, 2.24) is 29.5 Å². The summed E-state index contributed by atoms with van der Waals surface area (Å²) in [4.78, 5) is 25.9. The molecule has 0 saturated carbocycles. The zero-order valence-electron chi connectivity index (χ0n) is 24.1. The van der Waals surface area contributed by atoms with Gasteiger partial charge in [0.25, 0.3) is 0 Å². The van der Waals surface area contributed by atoms with Gasteiger partial charge in [-0.15, -0.1) is 0 Å². The van der Waals surface area contributed by atoms with Crippen molar-refractivity contribution in [2.75, 3.05) is 26.2 Å². The molecule has 10 heteroatoms. The van der Waals surface area contributed by atoms with Crippen LogP contribution in [-0.2, 0) is 22.8 Å². The molecule has 0 spiro atoms. The van der Waals surface area contributed by atoms with Gasteiger partial charge in [-0.25, -0.2) is 9.67 Å². The highest BCUT2D eigenvalue weighted by molar-refractivity contribution is 6.76. The zero-order valence-corrected chi connectivity index (χ0v) is 25.1. The maximum atomic E-state index is 12.0. The number of piperazine rings is 1. The van der Waals surface area contributed by atoms with Gasteiger partial charge in [0.1, 0.15) is 12.5 Å². The Bertz CT molecular complexity index is 1520. The molecule has 2 fully saturated rings. The fraction of sp³-hybridized carbons (Fsp3) is 0.419. The lowest BCUT2D eigenvalue weighted by molar-refractivity contribution is -0.130. The largest absolute Gasteiger partial charge is 0.439 e. The molecule has 1 unspecified atom stereocenters. The van der Waals surface area contributed by atoms with Gasteiger partial charge in [0, 0.05) is 82.7 Å². The molecule has 4 aromatic rings. The number of benzene rings is 1. The number of ether oxygens (including phenoxy) is 2. The van der Waals surface area contributed by atoms with Crippen LogP contribution in [0.5, 0.6) is 11.6 Å². The van der Waals surface area contributed by atoms with Crippen LogP contribution < -0.4 is 4.74 Å². The first-order chi connectivity index (χ1) is 19.8. The molecule has 6 rings (SSSR count). The number of fused-ring (bicyclic) bond motifs is 2. The van der Waals surface area contributed by atoms with Gasteiger partial charge in [-0.05, 0) is 48.9 Å². The topological polar surface area (TPSA) is 85.6 Å². The molecule has 0 radical (unpaired) electrons.